The standard InChI is InChI=1S/C11H16N2O/c1-7(2)11(14)9-6-8(9)10-4-5-12-13(10)3/h4-5,7-9H,6H2,1-3H3/t8?,9-/m1/s1. The van der Waals surface area contributed by atoms with Crippen LogP contribution in [0.3, 0.4) is 0 Å². The second kappa shape index (κ2) is 3.23. The molecule has 2 atom stereocenters. The van der Waals surface area contributed by atoms with Crippen molar-refractivity contribution in [2.24, 2.45) is 18.9 Å². The fourth-order valence-electron chi connectivity index (χ4n) is 2.01. The Kier molecular flexibility index (Phi) is 2.17. The molecule has 1 saturated carbocycles. The van der Waals surface area contributed by atoms with E-state index >= 15 is 0 Å². The van der Waals surface area contributed by atoms with Gasteiger partial charge in [0.25, 0.3) is 0 Å². The largest absolute Gasteiger partial charge is 0.299 e. The van der Waals surface area contributed by atoms with E-state index in [1.165, 1.54) is 5.69 Å². The quantitative estimate of drug-likeness (QED) is 0.731. The predicted molar refractivity (Wildman–Crippen MR) is 53.9 cm³/mol. The number of hydrogen-bond donors (Lipinski definition) is 0. The van der Waals surface area contributed by atoms with Crippen LogP contribution in [0.2, 0.25) is 0 Å². The maximum absolute atomic E-state index is 11.7. The van der Waals surface area contributed by atoms with Gasteiger partial charge >= 0.3 is 0 Å². The van der Waals surface area contributed by atoms with Crippen LogP contribution in [-0.4, -0.2) is 15.6 Å². The predicted octanol–water partition coefficient (Wildman–Crippen LogP) is 1.75. The van der Waals surface area contributed by atoms with Gasteiger partial charge in [-0.05, 0) is 12.5 Å². The Bertz CT molecular complexity index is 354. The Labute approximate surface area is 84.1 Å². The number of carbonyl (C=O) groups is 1. The molecule has 0 bridgehead atoms. The molecule has 1 fully saturated rings. The van der Waals surface area contributed by atoms with Gasteiger partial charge in [0.05, 0.1) is 0 Å². The van der Waals surface area contributed by atoms with Gasteiger partial charge in [0.15, 0.2) is 0 Å². The highest BCUT2D eigenvalue weighted by molar-refractivity contribution is 5.86. The molecule has 1 aliphatic carbocycles. The van der Waals surface area contributed by atoms with Gasteiger partial charge < -0.3 is 0 Å². The Hall–Kier alpha value is -1.12. The minimum atomic E-state index is 0.165. The van der Waals surface area contributed by atoms with Gasteiger partial charge in [-0.25, -0.2) is 0 Å². The molecule has 3 heteroatoms. The summed E-state index contributed by atoms with van der Waals surface area (Å²) >= 11 is 0. The van der Waals surface area contributed by atoms with Crippen LogP contribution in [-0.2, 0) is 11.8 Å². The maximum Gasteiger partial charge on any atom is 0.139 e. The van der Waals surface area contributed by atoms with Crippen LogP contribution in [0.4, 0.5) is 0 Å². The number of ketones is 1. The number of aromatic nitrogens is 2. The van der Waals surface area contributed by atoms with Gasteiger partial charge in [-0.3, -0.25) is 9.48 Å². The molecule has 0 N–H and O–H groups in total. The van der Waals surface area contributed by atoms with E-state index in [4.69, 9.17) is 0 Å². The highest BCUT2D eigenvalue weighted by Crippen LogP contribution is 2.48. The first-order chi connectivity index (χ1) is 6.61. The minimum absolute atomic E-state index is 0.165. The molecule has 0 aromatic carbocycles. The molecule has 1 aliphatic rings. The van der Waals surface area contributed by atoms with Crippen molar-refractivity contribution in [3.8, 4) is 0 Å². The third kappa shape index (κ3) is 1.47. The molecule has 0 radical (unpaired) electrons. The van der Waals surface area contributed by atoms with E-state index < -0.39 is 0 Å². The molecule has 0 spiro atoms. The number of rotatable bonds is 3. The molecule has 1 heterocycles. The van der Waals surface area contributed by atoms with Gasteiger partial charge in [0, 0.05) is 36.7 Å². The molecular weight excluding hydrogens is 176 g/mol. The van der Waals surface area contributed by atoms with Crippen LogP contribution in [0.15, 0.2) is 12.3 Å². The van der Waals surface area contributed by atoms with Crippen molar-refractivity contribution in [3.05, 3.63) is 18.0 Å². The molecular formula is C11H16N2O. The van der Waals surface area contributed by atoms with Crippen molar-refractivity contribution >= 4 is 5.78 Å². The van der Waals surface area contributed by atoms with E-state index in [-0.39, 0.29) is 11.8 Å². The number of hydrogen-bond acceptors (Lipinski definition) is 2. The van der Waals surface area contributed by atoms with Crippen LogP contribution >= 0.6 is 0 Å². The lowest BCUT2D eigenvalue weighted by atomic mass is 10.0. The molecule has 0 amide bonds. The number of carbonyl (C=O) groups excluding carboxylic acids is 1. The van der Waals surface area contributed by atoms with Crippen LogP contribution in [0.1, 0.15) is 31.9 Å². The molecule has 0 saturated heterocycles. The van der Waals surface area contributed by atoms with E-state index in [2.05, 4.69) is 5.10 Å². The molecule has 1 aromatic heterocycles. The summed E-state index contributed by atoms with van der Waals surface area (Å²) in [7, 11) is 1.94. The van der Waals surface area contributed by atoms with Crippen molar-refractivity contribution in [3.63, 3.8) is 0 Å². The SMILES string of the molecule is CC(C)C(=O)[C@@H]1CC1c1ccnn1C. The number of Topliss-reactive ketones (excluding diaryl/α,β-unsaturated/α-hetero) is 1. The second-order valence-electron chi connectivity index (χ2n) is 4.39. The highest BCUT2D eigenvalue weighted by Gasteiger charge is 2.45. The van der Waals surface area contributed by atoms with Crippen molar-refractivity contribution < 1.29 is 4.79 Å². The topological polar surface area (TPSA) is 34.9 Å². The first kappa shape index (κ1) is 9.44. The summed E-state index contributed by atoms with van der Waals surface area (Å²) in [6.45, 7) is 3.95. The van der Waals surface area contributed by atoms with Gasteiger partial charge in [0.2, 0.25) is 0 Å². The summed E-state index contributed by atoms with van der Waals surface area (Å²) in [5, 5.41) is 4.12. The minimum Gasteiger partial charge on any atom is -0.299 e. The van der Waals surface area contributed by atoms with Crippen molar-refractivity contribution in [2.45, 2.75) is 26.2 Å². The number of nitrogens with zero attached hydrogens (tertiary/aromatic N) is 2. The normalized spacial score (nSPS) is 25.4. The van der Waals surface area contributed by atoms with Crippen LogP contribution < -0.4 is 0 Å². The van der Waals surface area contributed by atoms with Crippen LogP contribution in [0, 0.1) is 11.8 Å². The van der Waals surface area contributed by atoms with Crippen LogP contribution in [0.5, 0.6) is 0 Å². The smallest absolute Gasteiger partial charge is 0.139 e. The first-order valence-corrected chi connectivity index (χ1v) is 5.13. The lowest BCUT2D eigenvalue weighted by Gasteiger charge is -2.03. The lowest BCUT2D eigenvalue weighted by Crippen LogP contribution is -2.10. The first-order valence-electron chi connectivity index (χ1n) is 5.13. The van der Waals surface area contributed by atoms with Gasteiger partial charge in [-0.2, -0.15) is 5.10 Å². The summed E-state index contributed by atoms with van der Waals surface area (Å²) in [6.07, 6.45) is 2.81. The van der Waals surface area contributed by atoms with Gasteiger partial charge in [0.1, 0.15) is 5.78 Å². The van der Waals surface area contributed by atoms with E-state index in [9.17, 15) is 4.79 Å². The average molecular weight is 192 g/mol. The van der Waals surface area contributed by atoms with E-state index in [0.717, 1.165) is 6.42 Å². The van der Waals surface area contributed by atoms with Crippen molar-refractivity contribution in [1.82, 2.24) is 9.78 Å². The number of aryl methyl sites for hydroxylation is 1. The van der Waals surface area contributed by atoms with Gasteiger partial charge in [-0.1, -0.05) is 13.8 Å². The summed E-state index contributed by atoms with van der Waals surface area (Å²) in [5.41, 5.74) is 1.20. The molecule has 2 rings (SSSR count). The highest BCUT2D eigenvalue weighted by atomic mass is 16.1. The second-order valence-corrected chi connectivity index (χ2v) is 4.39. The molecule has 1 aromatic rings. The summed E-state index contributed by atoms with van der Waals surface area (Å²) in [4.78, 5) is 11.7. The van der Waals surface area contributed by atoms with E-state index in [0.29, 0.717) is 11.7 Å². The summed E-state index contributed by atoms with van der Waals surface area (Å²) in [5.74, 6) is 1.25. The zero-order chi connectivity index (χ0) is 10.3. The van der Waals surface area contributed by atoms with Crippen molar-refractivity contribution in [1.29, 1.82) is 0 Å². The maximum atomic E-state index is 11.7. The third-order valence-corrected chi connectivity index (χ3v) is 2.96. The lowest BCUT2D eigenvalue weighted by molar-refractivity contribution is -0.123. The Morgan fingerprint density at radius 2 is 2.36 bits per heavy atom. The third-order valence-electron chi connectivity index (χ3n) is 2.96. The fraction of sp³-hybridized carbons (Fsp3) is 0.636. The summed E-state index contributed by atoms with van der Waals surface area (Å²) in [6, 6.07) is 2.01. The Morgan fingerprint density at radius 1 is 1.64 bits per heavy atom. The Balaban J connectivity index is 2.07. The Morgan fingerprint density at radius 3 is 2.86 bits per heavy atom. The molecule has 1 unspecified atom stereocenters. The molecule has 14 heavy (non-hydrogen) atoms. The molecule has 76 valence electrons. The van der Waals surface area contributed by atoms with E-state index in [1.54, 1.807) is 6.20 Å². The zero-order valence-corrected chi connectivity index (χ0v) is 8.90. The monoisotopic (exact) mass is 192 g/mol. The van der Waals surface area contributed by atoms with Gasteiger partial charge in [-0.15, -0.1) is 0 Å². The van der Waals surface area contributed by atoms with Crippen LogP contribution in [0.25, 0.3) is 0 Å². The molecule has 0 aliphatic heterocycles. The fourth-order valence-corrected chi connectivity index (χ4v) is 2.01. The summed E-state index contributed by atoms with van der Waals surface area (Å²) < 4.78 is 1.87. The van der Waals surface area contributed by atoms with Crippen molar-refractivity contribution in [2.75, 3.05) is 0 Å². The molecule has 3 nitrogen and oxygen atoms in total. The zero-order valence-electron chi connectivity index (χ0n) is 8.90. The van der Waals surface area contributed by atoms with E-state index in [1.807, 2.05) is 31.6 Å². The average Bonchev–Trinajstić information content (AvgIpc) is 2.81.